The van der Waals surface area contributed by atoms with Gasteiger partial charge in [-0.2, -0.15) is 0 Å². The van der Waals surface area contributed by atoms with E-state index in [1.54, 1.807) is 0 Å². The Bertz CT molecular complexity index is 1070. The Balaban J connectivity index is 1.21. The lowest BCUT2D eigenvalue weighted by Gasteiger charge is -2.51. The lowest BCUT2D eigenvalue weighted by atomic mass is 9.81. The first kappa shape index (κ1) is 29.2. The van der Waals surface area contributed by atoms with Crippen LogP contribution in [0.1, 0.15) is 51.0 Å². The highest BCUT2D eigenvalue weighted by Gasteiger charge is 2.52. The SMILES string of the molecule is CCCN1C(=O)[C@H](CCCCNC(=O)CSc2ccccc2)NC(=O)C12CCN(CCc1ccccc1)CC2. The van der Waals surface area contributed by atoms with Gasteiger partial charge in [0.25, 0.3) is 0 Å². The number of piperazine rings is 1. The van der Waals surface area contributed by atoms with Crippen LogP contribution in [-0.2, 0) is 20.8 Å². The number of hydrogen-bond acceptors (Lipinski definition) is 5. The number of benzene rings is 2. The van der Waals surface area contributed by atoms with Crippen LogP contribution >= 0.6 is 11.8 Å². The summed E-state index contributed by atoms with van der Waals surface area (Å²) in [5, 5.41) is 6.05. The summed E-state index contributed by atoms with van der Waals surface area (Å²) in [6.45, 7) is 5.86. The number of thioether (sulfide) groups is 1. The Hall–Kier alpha value is -2.84. The van der Waals surface area contributed by atoms with Crippen molar-refractivity contribution >= 4 is 29.5 Å². The molecule has 2 aromatic carbocycles. The molecule has 2 aliphatic heterocycles. The number of rotatable bonds is 13. The summed E-state index contributed by atoms with van der Waals surface area (Å²) in [5.74, 6) is 0.461. The number of nitrogens with zero attached hydrogens (tertiary/aromatic N) is 2. The Morgan fingerprint density at radius 2 is 1.69 bits per heavy atom. The first-order valence-corrected chi connectivity index (χ1v) is 15.3. The molecule has 0 unspecified atom stereocenters. The summed E-state index contributed by atoms with van der Waals surface area (Å²) in [5.41, 5.74) is 0.599. The Labute approximate surface area is 237 Å². The van der Waals surface area contributed by atoms with Crippen molar-refractivity contribution in [2.45, 2.75) is 68.3 Å². The molecule has 1 spiro atoms. The van der Waals surface area contributed by atoms with Crippen LogP contribution in [0.25, 0.3) is 0 Å². The molecule has 8 heteroatoms. The van der Waals surface area contributed by atoms with E-state index in [2.05, 4.69) is 46.7 Å². The summed E-state index contributed by atoms with van der Waals surface area (Å²) in [6.07, 6.45) is 5.32. The molecular weight excluding hydrogens is 508 g/mol. The standard InChI is InChI=1S/C31H42N4O3S/c1-2-20-35-29(37)27(15-9-10-19-32-28(36)24-39-26-13-7-4-8-14-26)33-30(38)31(35)17-22-34(23-18-31)21-16-25-11-5-3-6-12-25/h3-8,11-14,27H,2,9-10,15-24H2,1H3,(H,32,36)(H,33,38)/t27-/m0/s1. The summed E-state index contributed by atoms with van der Waals surface area (Å²) in [7, 11) is 0. The van der Waals surface area contributed by atoms with Gasteiger partial charge in [0, 0.05) is 37.6 Å². The summed E-state index contributed by atoms with van der Waals surface area (Å²) >= 11 is 1.52. The fourth-order valence-electron chi connectivity index (χ4n) is 5.61. The third kappa shape index (κ3) is 7.85. The molecule has 2 N–H and O–H groups in total. The first-order chi connectivity index (χ1) is 19.0. The molecule has 0 aromatic heterocycles. The van der Waals surface area contributed by atoms with Crippen molar-refractivity contribution in [3.63, 3.8) is 0 Å². The Morgan fingerprint density at radius 1 is 1.00 bits per heavy atom. The van der Waals surface area contributed by atoms with E-state index in [0.29, 0.717) is 38.1 Å². The molecule has 2 saturated heterocycles. The molecule has 4 rings (SSSR count). The van der Waals surface area contributed by atoms with Gasteiger partial charge in [-0.1, -0.05) is 55.5 Å². The van der Waals surface area contributed by atoms with Crippen LogP contribution in [0.2, 0.25) is 0 Å². The smallest absolute Gasteiger partial charge is 0.246 e. The van der Waals surface area contributed by atoms with Crippen LogP contribution in [-0.4, -0.2) is 77.6 Å². The number of amides is 3. The first-order valence-electron chi connectivity index (χ1n) is 14.3. The van der Waals surface area contributed by atoms with E-state index in [-0.39, 0.29) is 17.7 Å². The van der Waals surface area contributed by atoms with Crippen LogP contribution in [0.5, 0.6) is 0 Å². The number of likely N-dealkylation sites (tertiary alicyclic amines) is 1. The molecular formula is C31H42N4O3S. The van der Waals surface area contributed by atoms with Crippen molar-refractivity contribution in [1.29, 1.82) is 0 Å². The average molecular weight is 551 g/mol. The molecule has 2 fully saturated rings. The molecule has 3 amide bonds. The number of unbranched alkanes of at least 4 members (excludes halogenated alkanes) is 1. The van der Waals surface area contributed by atoms with E-state index in [1.807, 2.05) is 41.3 Å². The molecule has 210 valence electrons. The molecule has 39 heavy (non-hydrogen) atoms. The van der Waals surface area contributed by atoms with Gasteiger partial charge in [0.15, 0.2) is 0 Å². The van der Waals surface area contributed by atoms with Gasteiger partial charge in [-0.3, -0.25) is 14.4 Å². The van der Waals surface area contributed by atoms with Crippen molar-refractivity contribution in [3.05, 3.63) is 66.2 Å². The summed E-state index contributed by atoms with van der Waals surface area (Å²) in [4.78, 5) is 44.6. The van der Waals surface area contributed by atoms with E-state index in [9.17, 15) is 14.4 Å². The van der Waals surface area contributed by atoms with Gasteiger partial charge in [-0.25, -0.2) is 0 Å². The fourth-order valence-corrected chi connectivity index (χ4v) is 6.36. The molecule has 2 aliphatic rings. The zero-order chi connectivity index (χ0) is 27.5. The van der Waals surface area contributed by atoms with E-state index >= 15 is 0 Å². The second-order valence-corrected chi connectivity index (χ2v) is 11.6. The minimum Gasteiger partial charge on any atom is -0.355 e. The van der Waals surface area contributed by atoms with E-state index in [4.69, 9.17) is 0 Å². The van der Waals surface area contributed by atoms with Crippen LogP contribution in [0.15, 0.2) is 65.6 Å². The number of nitrogens with one attached hydrogen (secondary N) is 2. The Morgan fingerprint density at radius 3 is 2.38 bits per heavy atom. The molecule has 2 heterocycles. The molecule has 2 aromatic rings. The van der Waals surface area contributed by atoms with Crippen molar-refractivity contribution in [3.8, 4) is 0 Å². The summed E-state index contributed by atoms with van der Waals surface area (Å²) < 4.78 is 0. The van der Waals surface area contributed by atoms with Gasteiger partial charge in [0.05, 0.1) is 5.75 Å². The molecule has 0 radical (unpaired) electrons. The number of hydrogen-bond donors (Lipinski definition) is 2. The maximum absolute atomic E-state index is 13.5. The van der Waals surface area contributed by atoms with Crippen LogP contribution in [0.4, 0.5) is 0 Å². The molecule has 0 aliphatic carbocycles. The van der Waals surface area contributed by atoms with Crippen molar-refractivity contribution < 1.29 is 14.4 Å². The third-order valence-corrected chi connectivity index (χ3v) is 8.87. The van der Waals surface area contributed by atoms with Gasteiger partial charge < -0.3 is 20.4 Å². The zero-order valence-corrected chi connectivity index (χ0v) is 23.9. The summed E-state index contributed by atoms with van der Waals surface area (Å²) in [6, 6.07) is 19.9. The van der Waals surface area contributed by atoms with Gasteiger partial charge >= 0.3 is 0 Å². The quantitative estimate of drug-likeness (QED) is 0.292. The number of piperidine rings is 1. The normalized spacial score (nSPS) is 19.2. The van der Waals surface area contributed by atoms with Crippen LogP contribution in [0, 0.1) is 0 Å². The van der Waals surface area contributed by atoms with Gasteiger partial charge in [-0.05, 0) is 62.6 Å². The lowest BCUT2D eigenvalue weighted by molar-refractivity contribution is -0.161. The minimum absolute atomic E-state index is 0.00880. The highest BCUT2D eigenvalue weighted by Crippen LogP contribution is 2.34. The van der Waals surface area contributed by atoms with Crippen molar-refractivity contribution in [1.82, 2.24) is 20.4 Å². The average Bonchev–Trinajstić information content (AvgIpc) is 2.97. The van der Waals surface area contributed by atoms with Gasteiger partial charge in [-0.15, -0.1) is 11.8 Å². The predicted molar refractivity (Wildman–Crippen MR) is 157 cm³/mol. The second kappa shape index (κ2) is 14.5. The maximum atomic E-state index is 13.5. The van der Waals surface area contributed by atoms with E-state index in [0.717, 1.165) is 50.2 Å². The van der Waals surface area contributed by atoms with Crippen LogP contribution < -0.4 is 10.6 Å². The van der Waals surface area contributed by atoms with Gasteiger partial charge in [0.2, 0.25) is 17.7 Å². The number of carbonyl (C=O) groups excluding carboxylic acids is 3. The Kier molecular flexibility index (Phi) is 10.9. The number of carbonyl (C=O) groups is 3. The van der Waals surface area contributed by atoms with Crippen molar-refractivity contribution in [2.24, 2.45) is 0 Å². The zero-order valence-electron chi connectivity index (χ0n) is 23.1. The highest BCUT2D eigenvalue weighted by atomic mass is 32.2. The minimum atomic E-state index is -0.725. The van der Waals surface area contributed by atoms with Crippen molar-refractivity contribution in [2.75, 3.05) is 38.5 Å². The second-order valence-electron chi connectivity index (χ2n) is 10.6. The molecule has 0 saturated carbocycles. The van der Waals surface area contributed by atoms with E-state index < -0.39 is 11.6 Å². The van der Waals surface area contributed by atoms with Gasteiger partial charge in [0.1, 0.15) is 11.6 Å². The fraction of sp³-hybridized carbons (Fsp3) is 0.516. The van der Waals surface area contributed by atoms with E-state index in [1.165, 1.54) is 17.3 Å². The molecule has 7 nitrogen and oxygen atoms in total. The molecule has 1 atom stereocenters. The monoisotopic (exact) mass is 550 g/mol. The molecule has 0 bridgehead atoms. The largest absolute Gasteiger partial charge is 0.355 e. The maximum Gasteiger partial charge on any atom is 0.246 e. The predicted octanol–water partition coefficient (Wildman–Crippen LogP) is 3.88. The van der Waals surface area contributed by atoms with Crippen LogP contribution in [0.3, 0.4) is 0 Å². The highest BCUT2D eigenvalue weighted by molar-refractivity contribution is 8.00. The topological polar surface area (TPSA) is 81.8 Å². The third-order valence-electron chi connectivity index (χ3n) is 7.85. The lowest BCUT2D eigenvalue weighted by Crippen LogP contribution is -2.72.